The monoisotopic (exact) mass is 248 g/mol. The van der Waals surface area contributed by atoms with E-state index >= 15 is 0 Å². The third-order valence-corrected chi connectivity index (χ3v) is 2.80. The van der Waals surface area contributed by atoms with E-state index in [-0.39, 0.29) is 17.7 Å². The first-order valence-electron chi connectivity index (χ1n) is 5.78. The van der Waals surface area contributed by atoms with Gasteiger partial charge in [0, 0.05) is 12.5 Å². The Morgan fingerprint density at radius 2 is 2.33 bits per heavy atom. The van der Waals surface area contributed by atoms with Crippen molar-refractivity contribution in [3.05, 3.63) is 29.8 Å². The molecule has 3 N–H and O–H groups in total. The van der Waals surface area contributed by atoms with Crippen molar-refractivity contribution in [1.29, 1.82) is 0 Å². The number of amides is 1. The van der Waals surface area contributed by atoms with Gasteiger partial charge >= 0.3 is 0 Å². The molecule has 0 aromatic heterocycles. The molecule has 0 bridgehead atoms. The molecular formula is C13H16N2O3. The molecule has 0 radical (unpaired) electrons. The zero-order chi connectivity index (χ0) is 13.0. The molecule has 5 nitrogen and oxygen atoms in total. The van der Waals surface area contributed by atoms with Crippen LogP contribution in [0.25, 0.3) is 6.08 Å². The van der Waals surface area contributed by atoms with E-state index in [4.69, 9.17) is 4.74 Å². The second kappa shape index (κ2) is 5.55. The number of phenolic OH excluding ortho intramolecular Hbond substituents is 1. The summed E-state index contributed by atoms with van der Waals surface area (Å²) >= 11 is 0. The van der Waals surface area contributed by atoms with Crippen LogP contribution in [0.5, 0.6) is 11.5 Å². The normalized spacial score (nSPS) is 19.8. The molecule has 1 amide bonds. The standard InChI is InChI=1S/C13H16N2O3/c1-18-12-8-9(3-6-11(12)16)2-4-10-5-7-13(17)15-14-10/h2-4,6,8,10,14,16H,5,7H2,1H3,(H,15,17)/b4-2+. The summed E-state index contributed by atoms with van der Waals surface area (Å²) in [6.07, 6.45) is 5.21. The van der Waals surface area contributed by atoms with Crippen LogP contribution in [0.15, 0.2) is 24.3 Å². The summed E-state index contributed by atoms with van der Waals surface area (Å²) < 4.78 is 5.03. The van der Waals surface area contributed by atoms with E-state index < -0.39 is 0 Å². The van der Waals surface area contributed by atoms with E-state index in [0.29, 0.717) is 12.2 Å². The number of hydrazine groups is 1. The van der Waals surface area contributed by atoms with Crippen molar-refractivity contribution >= 4 is 12.0 Å². The molecule has 2 rings (SSSR count). The Balaban J connectivity index is 2.02. The summed E-state index contributed by atoms with van der Waals surface area (Å²) in [7, 11) is 1.51. The number of carbonyl (C=O) groups is 1. The Morgan fingerprint density at radius 1 is 1.50 bits per heavy atom. The highest BCUT2D eigenvalue weighted by Gasteiger charge is 2.14. The van der Waals surface area contributed by atoms with Crippen LogP contribution in [-0.4, -0.2) is 24.2 Å². The number of benzene rings is 1. The third-order valence-electron chi connectivity index (χ3n) is 2.80. The van der Waals surface area contributed by atoms with Crippen molar-refractivity contribution in [2.75, 3.05) is 7.11 Å². The maximum atomic E-state index is 11.0. The predicted octanol–water partition coefficient (Wildman–Crippen LogP) is 1.20. The summed E-state index contributed by atoms with van der Waals surface area (Å²) in [6, 6.07) is 5.28. The fraction of sp³-hybridized carbons (Fsp3) is 0.308. The van der Waals surface area contributed by atoms with Crippen LogP contribution in [-0.2, 0) is 4.79 Å². The summed E-state index contributed by atoms with van der Waals surface area (Å²) in [4.78, 5) is 11.0. The van der Waals surface area contributed by atoms with Crippen molar-refractivity contribution in [1.82, 2.24) is 10.9 Å². The lowest BCUT2D eigenvalue weighted by Crippen LogP contribution is -2.48. The molecule has 1 atom stereocenters. The molecule has 0 saturated carbocycles. The van der Waals surface area contributed by atoms with Crippen molar-refractivity contribution in [3.63, 3.8) is 0 Å². The highest BCUT2D eigenvalue weighted by atomic mass is 16.5. The second-order valence-electron chi connectivity index (χ2n) is 4.13. The van der Waals surface area contributed by atoms with Crippen molar-refractivity contribution in [2.45, 2.75) is 18.9 Å². The van der Waals surface area contributed by atoms with E-state index in [0.717, 1.165) is 12.0 Å². The van der Waals surface area contributed by atoms with Gasteiger partial charge in [0.25, 0.3) is 0 Å². The van der Waals surface area contributed by atoms with Gasteiger partial charge in [-0.2, -0.15) is 0 Å². The molecular weight excluding hydrogens is 232 g/mol. The molecule has 5 heteroatoms. The predicted molar refractivity (Wildman–Crippen MR) is 68.0 cm³/mol. The van der Waals surface area contributed by atoms with Crippen molar-refractivity contribution in [2.24, 2.45) is 0 Å². The molecule has 18 heavy (non-hydrogen) atoms. The van der Waals surface area contributed by atoms with Gasteiger partial charge in [-0.3, -0.25) is 10.2 Å². The van der Waals surface area contributed by atoms with Crippen LogP contribution in [0, 0.1) is 0 Å². The van der Waals surface area contributed by atoms with Crippen LogP contribution in [0.3, 0.4) is 0 Å². The van der Waals surface area contributed by atoms with Gasteiger partial charge in [-0.25, -0.2) is 5.43 Å². The fourth-order valence-corrected chi connectivity index (χ4v) is 1.76. The number of methoxy groups -OCH3 is 1. The molecule has 1 aliphatic rings. The zero-order valence-corrected chi connectivity index (χ0v) is 10.1. The Morgan fingerprint density at radius 3 is 3.00 bits per heavy atom. The van der Waals surface area contributed by atoms with Gasteiger partial charge in [-0.15, -0.1) is 0 Å². The highest BCUT2D eigenvalue weighted by molar-refractivity contribution is 5.76. The van der Waals surface area contributed by atoms with Gasteiger partial charge in [-0.05, 0) is 24.1 Å². The Kier molecular flexibility index (Phi) is 3.84. The first-order chi connectivity index (χ1) is 8.69. The van der Waals surface area contributed by atoms with E-state index in [1.807, 2.05) is 12.2 Å². The minimum atomic E-state index is 0.0194. The van der Waals surface area contributed by atoms with E-state index in [9.17, 15) is 9.90 Å². The molecule has 1 heterocycles. The molecule has 1 saturated heterocycles. The van der Waals surface area contributed by atoms with E-state index in [1.54, 1.807) is 18.2 Å². The van der Waals surface area contributed by atoms with E-state index in [2.05, 4.69) is 10.9 Å². The van der Waals surface area contributed by atoms with Crippen LogP contribution in [0.2, 0.25) is 0 Å². The number of aromatic hydroxyl groups is 1. The number of phenols is 1. The SMILES string of the molecule is COc1cc(/C=C/C2CCC(=O)NN2)ccc1O. The number of hydrogen-bond donors (Lipinski definition) is 3. The van der Waals surface area contributed by atoms with Crippen molar-refractivity contribution in [3.8, 4) is 11.5 Å². The zero-order valence-electron chi connectivity index (χ0n) is 10.1. The topological polar surface area (TPSA) is 70.6 Å². The molecule has 1 aromatic carbocycles. The quantitative estimate of drug-likeness (QED) is 0.751. The van der Waals surface area contributed by atoms with Gasteiger partial charge in [0.15, 0.2) is 11.5 Å². The first kappa shape index (κ1) is 12.4. The second-order valence-corrected chi connectivity index (χ2v) is 4.13. The molecule has 96 valence electrons. The molecule has 1 aromatic rings. The number of ether oxygens (including phenoxy) is 1. The van der Waals surface area contributed by atoms with Gasteiger partial charge in [-0.1, -0.05) is 18.2 Å². The number of nitrogens with one attached hydrogen (secondary N) is 2. The van der Waals surface area contributed by atoms with Crippen LogP contribution in [0.1, 0.15) is 18.4 Å². The smallest absolute Gasteiger partial charge is 0.234 e. The molecule has 1 unspecified atom stereocenters. The average Bonchev–Trinajstić information content (AvgIpc) is 2.39. The van der Waals surface area contributed by atoms with E-state index in [1.165, 1.54) is 7.11 Å². The van der Waals surface area contributed by atoms with Crippen LogP contribution >= 0.6 is 0 Å². The average molecular weight is 248 g/mol. The third kappa shape index (κ3) is 3.01. The van der Waals surface area contributed by atoms with Crippen LogP contribution in [0.4, 0.5) is 0 Å². The maximum Gasteiger partial charge on any atom is 0.234 e. The van der Waals surface area contributed by atoms with Gasteiger partial charge in [0.1, 0.15) is 0 Å². The number of rotatable bonds is 3. The lowest BCUT2D eigenvalue weighted by Gasteiger charge is -2.20. The lowest BCUT2D eigenvalue weighted by atomic mass is 10.1. The molecule has 1 fully saturated rings. The molecule has 1 aliphatic heterocycles. The van der Waals surface area contributed by atoms with Gasteiger partial charge in [0.2, 0.25) is 5.91 Å². The Hall–Kier alpha value is -2.01. The lowest BCUT2D eigenvalue weighted by molar-refractivity contribution is -0.123. The maximum absolute atomic E-state index is 11.0. The Bertz CT molecular complexity index is 461. The first-order valence-corrected chi connectivity index (χ1v) is 5.78. The molecule has 0 spiro atoms. The number of carbonyl (C=O) groups excluding carboxylic acids is 1. The van der Waals surface area contributed by atoms with Crippen LogP contribution < -0.4 is 15.6 Å². The largest absolute Gasteiger partial charge is 0.504 e. The summed E-state index contributed by atoms with van der Waals surface area (Å²) in [5, 5.41) is 9.47. The van der Waals surface area contributed by atoms with Gasteiger partial charge < -0.3 is 9.84 Å². The molecule has 0 aliphatic carbocycles. The summed E-state index contributed by atoms with van der Waals surface area (Å²) in [5.41, 5.74) is 6.44. The minimum absolute atomic E-state index is 0.0194. The van der Waals surface area contributed by atoms with Gasteiger partial charge in [0.05, 0.1) is 7.11 Å². The Labute approximate surface area is 105 Å². The highest BCUT2D eigenvalue weighted by Crippen LogP contribution is 2.26. The number of hydrogen-bond acceptors (Lipinski definition) is 4. The summed E-state index contributed by atoms with van der Waals surface area (Å²) in [6.45, 7) is 0. The summed E-state index contributed by atoms with van der Waals surface area (Å²) in [5.74, 6) is 0.589. The van der Waals surface area contributed by atoms with Crippen molar-refractivity contribution < 1.29 is 14.6 Å². The minimum Gasteiger partial charge on any atom is -0.504 e. The fourth-order valence-electron chi connectivity index (χ4n) is 1.76.